The average Bonchev–Trinajstić information content (AvgIpc) is 3.19. The summed E-state index contributed by atoms with van der Waals surface area (Å²) in [7, 11) is 0. The van der Waals surface area contributed by atoms with Gasteiger partial charge in [0.25, 0.3) is 5.91 Å². The van der Waals surface area contributed by atoms with Crippen LogP contribution >= 0.6 is 11.3 Å². The minimum atomic E-state index is -1.17. The number of hydrogen-bond donors (Lipinski definition) is 1. The smallest absolute Gasteiger partial charge is 0.325 e. The molecule has 2 aliphatic rings. The minimum absolute atomic E-state index is 0.232. The van der Waals surface area contributed by atoms with E-state index in [-0.39, 0.29) is 12.3 Å². The second-order valence-electron chi connectivity index (χ2n) is 7.30. The van der Waals surface area contributed by atoms with Crippen molar-refractivity contribution in [3.05, 3.63) is 64.5 Å². The Balaban J connectivity index is 1.47. The lowest BCUT2D eigenvalue weighted by Gasteiger charge is -2.33. The summed E-state index contributed by atoms with van der Waals surface area (Å²) in [6.07, 6.45) is 0.335. The van der Waals surface area contributed by atoms with Crippen molar-refractivity contribution >= 4 is 39.1 Å². The minimum Gasteiger partial charge on any atom is -0.493 e. The van der Waals surface area contributed by atoms with Gasteiger partial charge in [0.2, 0.25) is 0 Å². The van der Waals surface area contributed by atoms with E-state index in [1.807, 2.05) is 43.3 Å². The number of hydrogen-bond acceptors (Lipinski definition) is 5. The molecule has 1 saturated heterocycles. The monoisotopic (exact) mass is 406 g/mol. The standard InChI is InChI=1S/C22H18N2O4S/c1-13-14-6-2-5-9-18(14)29-19(13)16(25)12-24-20(26)22(23-21(24)27)10-11-28-17-8-4-3-7-15(17)22/h2-9H,10-12H2,1H3,(H,23,27)/t22-/m0/s1. The van der Waals surface area contributed by atoms with Crippen LogP contribution in [0.3, 0.4) is 0 Å². The summed E-state index contributed by atoms with van der Waals surface area (Å²) >= 11 is 1.39. The Hall–Kier alpha value is -3.19. The fourth-order valence-corrected chi connectivity index (χ4v) is 5.31. The topological polar surface area (TPSA) is 75.7 Å². The molecular weight excluding hydrogens is 388 g/mol. The molecule has 0 unspecified atom stereocenters. The average molecular weight is 406 g/mol. The number of nitrogens with one attached hydrogen (secondary N) is 1. The molecule has 0 aliphatic carbocycles. The molecule has 1 fully saturated rings. The van der Waals surface area contributed by atoms with Crippen LogP contribution in [0.5, 0.6) is 5.75 Å². The zero-order valence-electron chi connectivity index (χ0n) is 15.7. The van der Waals surface area contributed by atoms with Crippen LogP contribution in [0.1, 0.15) is 27.2 Å². The van der Waals surface area contributed by atoms with Crippen LogP contribution in [0.2, 0.25) is 0 Å². The van der Waals surface area contributed by atoms with E-state index in [4.69, 9.17) is 4.74 Å². The summed E-state index contributed by atoms with van der Waals surface area (Å²) in [5.74, 6) is -0.0455. The molecule has 2 aliphatic heterocycles. The molecule has 1 spiro atoms. The highest BCUT2D eigenvalue weighted by Crippen LogP contribution is 2.41. The maximum Gasteiger partial charge on any atom is 0.325 e. The lowest BCUT2D eigenvalue weighted by Crippen LogP contribution is -2.47. The van der Waals surface area contributed by atoms with Crippen molar-refractivity contribution in [2.75, 3.05) is 13.2 Å². The number of aryl methyl sites for hydroxylation is 1. The number of imide groups is 1. The Bertz CT molecular complexity index is 1180. The lowest BCUT2D eigenvalue weighted by atomic mass is 9.84. The van der Waals surface area contributed by atoms with Crippen molar-refractivity contribution in [2.45, 2.75) is 18.9 Å². The molecule has 1 aromatic heterocycles. The van der Waals surface area contributed by atoms with E-state index in [1.165, 1.54) is 11.3 Å². The molecular formula is C22H18N2O4S. The van der Waals surface area contributed by atoms with Gasteiger partial charge in [-0.25, -0.2) is 4.79 Å². The van der Waals surface area contributed by atoms with Crippen LogP contribution in [-0.2, 0) is 10.3 Å². The van der Waals surface area contributed by atoms with Crippen molar-refractivity contribution in [3.8, 4) is 5.75 Å². The van der Waals surface area contributed by atoms with E-state index in [0.717, 1.165) is 20.5 Å². The number of carbonyl (C=O) groups is 3. The lowest BCUT2D eigenvalue weighted by molar-refractivity contribution is -0.132. The summed E-state index contributed by atoms with van der Waals surface area (Å²) in [6.45, 7) is 1.94. The molecule has 0 radical (unpaired) electrons. The van der Waals surface area contributed by atoms with Gasteiger partial charge in [-0.15, -0.1) is 11.3 Å². The second kappa shape index (κ2) is 6.42. The number of ether oxygens (including phenoxy) is 1. The Morgan fingerprint density at radius 1 is 1.17 bits per heavy atom. The Morgan fingerprint density at radius 2 is 1.93 bits per heavy atom. The van der Waals surface area contributed by atoms with Gasteiger partial charge < -0.3 is 10.1 Å². The second-order valence-corrected chi connectivity index (χ2v) is 8.35. The zero-order chi connectivity index (χ0) is 20.2. The van der Waals surface area contributed by atoms with Crippen molar-refractivity contribution in [1.82, 2.24) is 10.2 Å². The predicted octanol–water partition coefficient (Wildman–Crippen LogP) is 3.62. The molecule has 5 rings (SSSR count). The molecule has 3 aromatic rings. The third kappa shape index (κ3) is 2.57. The number of fused-ring (bicyclic) bond motifs is 3. The SMILES string of the molecule is Cc1c(C(=O)CN2C(=O)N[C@]3(CCOc4ccccc43)C2=O)sc2ccccc12. The number of carbonyl (C=O) groups excluding carboxylic acids is 3. The fourth-order valence-electron chi connectivity index (χ4n) is 4.17. The first-order valence-electron chi connectivity index (χ1n) is 9.39. The summed E-state index contributed by atoms with van der Waals surface area (Å²) in [5, 5.41) is 3.85. The maximum absolute atomic E-state index is 13.3. The van der Waals surface area contributed by atoms with Crippen LogP contribution in [-0.4, -0.2) is 35.8 Å². The Labute approximate surface area is 171 Å². The number of benzene rings is 2. The third-order valence-corrected chi connectivity index (χ3v) is 6.97. The number of rotatable bonds is 3. The van der Waals surface area contributed by atoms with E-state index >= 15 is 0 Å². The van der Waals surface area contributed by atoms with Gasteiger partial charge in [0.15, 0.2) is 11.3 Å². The Kier molecular flexibility index (Phi) is 3.96. The van der Waals surface area contributed by atoms with Crippen LogP contribution < -0.4 is 10.1 Å². The summed E-state index contributed by atoms with van der Waals surface area (Å²) in [6, 6.07) is 14.5. The number of amides is 3. The number of urea groups is 1. The first-order chi connectivity index (χ1) is 14.0. The van der Waals surface area contributed by atoms with Crippen molar-refractivity contribution in [1.29, 1.82) is 0 Å². The highest BCUT2D eigenvalue weighted by molar-refractivity contribution is 7.21. The van der Waals surface area contributed by atoms with Crippen molar-refractivity contribution < 1.29 is 19.1 Å². The largest absolute Gasteiger partial charge is 0.493 e. The number of thiophene rings is 1. The fraction of sp³-hybridized carbons (Fsp3) is 0.227. The zero-order valence-corrected chi connectivity index (χ0v) is 16.5. The molecule has 1 atom stereocenters. The Morgan fingerprint density at radius 3 is 2.76 bits per heavy atom. The molecule has 0 bridgehead atoms. The van der Waals surface area contributed by atoms with Gasteiger partial charge in [0, 0.05) is 16.7 Å². The van der Waals surface area contributed by atoms with Crippen LogP contribution in [0, 0.1) is 6.92 Å². The third-order valence-electron chi connectivity index (χ3n) is 5.66. The van der Waals surface area contributed by atoms with Crippen molar-refractivity contribution in [2.24, 2.45) is 0 Å². The van der Waals surface area contributed by atoms with Crippen LogP contribution in [0.4, 0.5) is 4.79 Å². The molecule has 2 aromatic carbocycles. The highest BCUT2D eigenvalue weighted by Gasteiger charge is 2.55. The highest BCUT2D eigenvalue weighted by atomic mass is 32.1. The van der Waals surface area contributed by atoms with E-state index in [2.05, 4.69) is 5.32 Å². The summed E-state index contributed by atoms with van der Waals surface area (Å²) in [4.78, 5) is 40.6. The van der Waals surface area contributed by atoms with Gasteiger partial charge >= 0.3 is 6.03 Å². The molecule has 7 heteroatoms. The van der Waals surface area contributed by atoms with Gasteiger partial charge in [-0.3, -0.25) is 14.5 Å². The van der Waals surface area contributed by atoms with Crippen LogP contribution in [0.25, 0.3) is 10.1 Å². The summed E-state index contributed by atoms with van der Waals surface area (Å²) < 4.78 is 6.66. The van der Waals surface area contributed by atoms with Gasteiger partial charge in [0.05, 0.1) is 18.0 Å². The van der Waals surface area contributed by atoms with Gasteiger partial charge in [-0.05, 0) is 30.0 Å². The number of ketones is 1. The molecule has 3 heterocycles. The van der Waals surface area contributed by atoms with Gasteiger partial charge in [0.1, 0.15) is 5.75 Å². The normalized spacial score (nSPS) is 20.7. The molecule has 146 valence electrons. The van der Waals surface area contributed by atoms with Crippen molar-refractivity contribution in [3.63, 3.8) is 0 Å². The first-order valence-corrected chi connectivity index (χ1v) is 10.2. The van der Waals surface area contributed by atoms with E-state index < -0.39 is 17.5 Å². The van der Waals surface area contributed by atoms with E-state index in [0.29, 0.717) is 29.2 Å². The maximum atomic E-state index is 13.3. The molecule has 0 saturated carbocycles. The molecule has 3 amide bonds. The van der Waals surface area contributed by atoms with E-state index in [1.54, 1.807) is 12.1 Å². The number of nitrogens with zero attached hydrogens (tertiary/aromatic N) is 1. The quantitative estimate of drug-likeness (QED) is 0.532. The molecule has 29 heavy (non-hydrogen) atoms. The summed E-state index contributed by atoms with van der Waals surface area (Å²) in [5.41, 5.74) is 0.355. The molecule has 6 nitrogen and oxygen atoms in total. The number of Topliss-reactive ketones (excluding diaryl/α,β-unsaturated/α-hetero) is 1. The predicted molar refractivity (Wildman–Crippen MR) is 109 cm³/mol. The van der Waals surface area contributed by atoms with Crippen LogP contribution in [0.15, 0.2) is 48.5 Å². The number of para-hydroxylation sites is 1. The molecule has 1 N–H and O–H groups in total. The van der Waals surface area contributed by atoms with Gasteiger partial charge in [-0.2, -0.15) is 0 Å². The van der Waals surface area contributed by atoms with E-state index in [9.17, 15) is 14.4 Å². The van der Waals surface area contributed by atoms with Gasteiger partial charge in [-0.1, -0.05) is 36.4 Å². The first kappa shape index (κ1) is 17.9.